The lowest BCUT2D eigenvalue weighted by atomic mass is 10.2. The molecule has 0 aliphatic heterocycles. The van der Waals surface area contributed by atoms with Crippen molar-refractivity contribution in [3.8, 4) is 11.5 Å². The first-order valence-electron chi connectivity index (χ1n) is 9.84. The number of ether oxygens (including phenoxy) is 2. The van der Waals surface area contributed by atoms with E-state index in [0.717, 1.165) is 28.7 Å². The zero-order valence-electron chi connectivity index (χ0n) is 18.5. The molecule has 0 fully saturated rings. The predicted octanol–water partition coefficient (Wildman–Crippen LogP) is 5.39. The molecule has 3 aromatic rings. The van der Waals surface area contributed by atoms with Gasteiger partial charge in [-0.1, -0.05) is 35.1 Å². The molecule has 0 aliphatic rings. The van der Waals surface area contributed by atoms with Gasteiger partial charge in [0, 0.05) is 12.6 Å². The number of rotatable bonds is 9. The fraction of sp³-hybridized carbons (Fsp3) is 0.304. The summed E-state index contributed by atoms with van der Waals surface area (Å²) < 4.78 is 11.6. The predicted molar refractivity (Wildman–Crippen MR) is 136 cm³/mol. The summed E-state index contributed by atoms with van der Waals surface area (Å²) in [5.74, 6) is 1.12. The van der Waals surface area contributed by atoms with E-state index < -0.39 is 0 Å². The first kappa shape index (κ1) is 25.9. The Kier molecular flexibility index (Phi) is 9.78. The molecule has 1 amide bonds. The third-order valence-corrected chi connectivity index (χ3v) is 6.02. The molecule has 0 saturated heterocycles. The average Bonchev–Trinajstić information content (AvgIpc) is 3.20. The van der Waals surface area contributed by atoms with Gasteiger partial charge in [-0.2, -0.15) is 0 Å². The smallest absolute Gasteiger partial charge is 0.252 e. The van der Waals surface area contributed by atoms with Crippen molar-refractivity contribution in [3.63, 3.8) is 0 Å². The van der Waals surface area contributed by atoms with Gasteiger partial charge in [0.05, 0.1) is 23.9 Å². The molecule has 3 rings (SSSR count). The molecule has 0 N–H and O–H groups in total. The van der Waals surface area contributed by atoms with Crippen molar-refractivity contribution in [2.45, 2.75) is 6.42 Å². The van der Waals surface area contributed by atoms with Gasteiger partial charge < -0.3 is 14.4 Å². The molecule has 0 saturated carbocycles. The van der Waals surface area contributed by atoms with Crippen LogP contribution in [0, 0.1) is 0 Å². The zero-order chi connectivity index (χ0) is 22.4. The Morgan fingerprint density at radius 1 is 1.12 bits per heavy atom. The quantitative estimate of drug-likeness (QED) is 0.372. The summed E-state index contributed by atoms with van der Waals surface area (Å²) in [6.45, 7) is 1.43. The number of thiazole rings is 1. The highest BCUT2D eigenvalue weighted by Gasteiger charge is 2.18. The minimum atomic E-state index is -0.135. The molecule has 172 valence electrons. The van der Waals surface area contributed by atoms with E-state index in [1.165, 1.54) is 11.3 Å². The molecule has 0 spiro atoms. The van der Waals surface area contributed by atoms with Gasteiger partial charge in [0.15, 0.2) is 16.6 Å². The summed E-state index contributed by atoms with van der Waals surface area (Å²) >= 11 is 7.76. The second kappa shape index (κ2) is 12.1. The first-order valence-corrected chi connectivity index (χ1v) is 11.0. The van der Waals surface area contributed by atoms with Crippen LogP contribution in [0.15, 0.2) is 42.5 Å². The lowest BCUT2D eigenvalue weighted by Gasteiger charge is -2.19. The Hall–Kier alpha value is -2.32. The van der Waals surface area contributed by atoms with Gasteiger partial charge in [0.25, 0.3) is 5.91 Å². The molecule has 0 radical (unpaired) electrons. The molecular formula is C23H27Cl2N3O3S. The van der Waals surface area contributed by atoms with E-state index >= 15 is 0 Å². The SMILES string of the molecule is COc1ccc(C=CC(=O)N(CCCN(C)C)c2nc3c(Cl)cccc3s2)cc1OC.Cl. The van der Waals surface area contributed by atoms with Crippen molar-refractivity contribution in [2.24, 2.45) is 0 Å². The number of fused-ring (bicyclic) bond motifs is 1. The van der Waals surface area contributed by atoms with Crippen LogP contribution in [0.5, 0.6) is 11.5 Å². The molecule has 9 heteroatoms. The molecular weight excluding hydrogens is 469 g/mol. The minimum Gasteiger partial charge on any atom is -0.493 e. The average molecular weight is 496 g/mol. The van der Waals surface area contributed by atoms with Crippen LogP contribution in [0.2, 0.25) is 5.02 Å². The largest absolute Gasteiger partial charge is 0.493 e. The molecule has 0 aliphatic carbocycles. The number of carbonyl (C=O) groups is 1. The van der Waals surface area contributed by atoms with Crippen LogP contribution in [0.4, 0.5) is 5.13 Å². The maximum Gasteiger partial charge on any atom is 0.252 e. The Morgan fingerprint density at radius 3 is 2.53 bits per heavy atom. The van der Waals surface area contributed by atoms with Crippen molar-refractivity contribution in [2.75, 3.05) is 46.3 Å². The van der Waals surface area contributed by atoms with Gasteiger partial charge in [0.2, 0.25) is 0 Å². The lowest BCUT2D eigenvalue weighted by Crippen LogP contribution is -2.32. The zero-order valence-corrected chi connectivity index (χ0v) is 20.9. The fourth-order valence-electron chi connectivity index (χ4n) is 3.08. The maximum atomic E-state index is 13.1. The summed E-state index contributed by atoms with van der Waals surface area (Å²) in [7, 11) is 7.20. The number of anilines is 1. The van der Waals surface area contributed by atoms with Gasteiger partial charge in [-0.05, 0) is 63.0 Å². The van der Waals surface area contributed by atoms with Crippen LogP contribution >= 0.6 is 35.3 Å². The van der Waals surface area contributed by atoms with E-state index in [4.69, 9.17) is 21.1 Å². The highest BCUT2D eigenvalue weighted by atomic mass is 35.5. The number of hydrogen-bond donors (Lipinski definition) is 0. The fourth-order valence-corrected chi connectivity index (χ4v) is 4.37. The van der Waals surface area contributed by atoms with Gasteiger partial charge >= 0.3 is 0 Å². The van der Waals surface area contributed by atoms with Gasteiger partial charge in [-0.3, -0.25) is 9.69 Å². The van der Waals surface area contributed by atoms with Crippen molar-refractivity contribution < 1.29 is 14.3 Å². The number of nitrogens with zero attached hydrogens (tertiary/aromatic N) is 3. The van der Waals surface area contributed by atoms with E-state index in [2.05, 4.69) is 9.88 Å². The molecule has 0 bridgehead atoms. The van der Waals surface area contributed by atoms with Crippen LogP contribution in [-0.4, -0.2) is 57.2 Å². The highest BCUT2D eigenvalue weighted by Crippen LogP contribution is 2.33. The van der Waals surface area contributed by atoms with E-state index in [1.54, 1.807) is 31.3 Å². The van der Waals surface area contributed by atoms with Crippen molar-refractivity contribution in [3.05, 3.63) is 53.1 Å². The molecule has 0 unspecified atom stereocenters. The van der Waals surface area contributed by atoms with Crippen LogP contribution in [0.3, 0.4) is 0 Å². The number of para-hydroxylation sites is 1. The minimum absolute atomic E-state index is 0. The normalized spacial score (nSPS) is 11.1. The second-order valence-corrected chi connectivity index (χ2v) is 8.59. The van der Waals surface area contributed by atoms with E-state index in [0.29, 0.717) is 28.2 Å². The number of amides is 1. The standard InChI is InChI=1S/C23H26ClN3O3S.ClH/c1-26(2)13-6-14-27(23-25-22-17(24)7-5-8-20(22)31-23)21(28)12-10-16-9-11-18(29-3)19(15-16)30-4;/h5,7-12,15H,6,13-14H2,1-4H3;1H. The molecule has 1 heterocycles. The Bertz CT molecular complexity index is 1090. The second-order valence-electron chi connectivity index (χ2n) is 7.18. The summed E-state index contributed by atoms with van der Waals surface area (Å²) in [5.41, 5.74) is 1.56. The van der Waals surface area contributed by atoms with Gasteiger partial charge in [-0.15, -0.1) is 12.4 Å². The van der Waals surface area contributed by atoms with E-state index in [9.17, 15) is 4.79 Å². The first-order chi connectivity index (χ1) is 14.9. The number of halogens is 2. The third-order valence-electron chi connectivity index (χ3n) is 4.67. The number of hydrogen-bond acceptors (Lipinski definition) is 6. The summed E-state index contributed by atoms with van der Waals surface area (Å²) in [5, 5.41) is 1.23. The van der Waals surface area contributed by atoms with Crippen LogP contribution in [-0.2, 0) is 4.79 Å². The van der Waals surface area contributed by atoms with Gasteiger partial charge in [-0.25, -0.2) is 4.98 Å². The van der Waals surface area contributed by atoms with Gasteiger partial charge in [0.1, 0.15) is 5.52 Å². The van der Waals surface area contributed by atoms with Crippen molar-refractivity contribution >= 4 is 62.7 Å². The van der Waals surface area contributed by atoms with Crippen molar-refractivity contribution in [1.82, 2.24) is 9.88 Å². The van der Waals surface area contributed by atoms with Crippen molar-refractivity contribution in [1.29, 1.82) is 0 Å². The summed E-state index contributed by atoms with van der Waals surface area (Å²) in [6.07, 6.45) is 4.15. The molecule has 2 aromatic carbocycles. The number of benzene rings is 2. The Labute approximate surface area is 203 Å². The number of aromatic nitrogens is 1. The Morgan fingerprint density at radius 2 is 1.88 bits per heavy atom. The molecule has 0 atom stereocenters. The molecule has 1 aromatic heterocycles. The Balaban J connectivity index is 0.00000363. The molecule has 32 heavy (non-hydrogen) atoms. The van der Waals surface area contributed by atoms with Crippen LogP contribution < -0.4 is 14.4 Å². The monoisotopic (exact) mass is 495 g/mol. The summed E-state index contributed by atoms with van der Waals surface area (Å²) in [4.78, 5) is 21.6. The van der Waals surface area contributed by atoms with Crippen LogP contribution in [0.1, 0.15) is 12.0 Å². The molecule has 6 nitrogen and oxygen atoms in total. The van der Waals surface area contributed by atoms with E-state index in [-0.39, 0.29) is 18.3 Å². The highest BCUT2D eigenvalue weighted by molar-refractivity contribution is 7.22. The van der Waals surface area contributed by atoms with E-state index in [1.807, 2.05) is 50.5 Å². The number of carbonyl (C=O) groups excluding carboxylic acids is 1. The number of methoxy groups -OCH3 is 2. The summed E-state index contributed by atoms with van der Waals surface area (Å²) in [6, 6.07) is 11.2. The maximum absolute atomic E-state index is 13.1. The third kappa shape index (κ3) is 6.36. The topological polar surface area (TPSA) is 54.9 Å². The van der Waals surface area contributed by atoms with Crippen LogP contribution in [0.25, 0.3) is 16.3 Å². The lowest BCUT2D eigenvalue weighted by molar-refractivity contribution is -0.114.